The Kier molecular flexibility index (Phi) is 4.06. The molecule has 0 saturated carbocycles. The maximum atomic E-state index is 6.28. The summed E-state index contributed by atoms with van der Waals surface area (Å²) in [7, 11) is 0. The second-order valence-corrected chi connectivity index (χ2v) is 5.66. The number of hydrogen-bond donors (Lipinski definition) is 1. The molecule has 19 heavy (non-hydrogen) atoms. The quantitative estimate of drug-likeness (QED) is 0.929. The van der Waals surface area contributed by atoms with Crippen LogP contribution in [0.4, 0.5) is 0 Å². The van der Waals surface area contributed by atoms with E-state index >= 15 is 0 Å². The number of rotatable bonds is 4. The van der Waals surface area contributed by atoms with Crippen LogP contribution in [0.25, 0.3) is 11.5 Å². The van der Waals surface area contributed by atoms with Gasteiger partial charge in [-0.05, 0) is 43.5 Å². The lowest BCUT2D eigenvalue weighted by molar-refractivity contribution is 0.350. The van der Waals surface area contributed by atoms with Crippen LogP contribution in [-0.4, -0.2) is 10.1 Å². The molecule has 4 nitrogen and oxygen atoms in total. The van der Waals surface area contributed by atoms with Gasteiger partial charge in [0.25, 0.3) is 5.89 Å². The Morgan fingerprint density at radius 1 is 1.32 bits per heavy atom. The van der Waals surface area contributed by atoms with Gasteiger partial charge in [0.15, 0.2) is 5.82 Å². The van der Waals surface area contributed by atoms with Gasteiger partial charge in [-0.1, -0.05) is 34.9 Å². The molecule has 1 aromatic heterocycles. The van der Waals surface area contributed by atoms with Crippen LogP contribution in [0.5, 0.6) is 0 Å². The van der Waals surface area contributed by atoms with E-state index in [-0.39, 0.29) is 0 Å². The van der Waals surface area contributed by atoms with Gasteiger partial charge in [0, 0.05) is 10.0 Å². The van der Waals surface area contributed by atoms with E-state index in [4.69, 9.17) is 10.3 Å². The fourth-order valence-electron chi connectivity index (χ4n) is 1.97. The maximum Gasteiger partial charge on any atom is 0.258 e. The molecule has 0 spiro atoms. The van der Waals surface area contributed by atoms with Crippen molar-refractivity contribution in [3.05, 3.63) is 34.1 Å². The molecule has 2 aromatic rings. The Labute approximate surface area is 121 Å². The Morgan fingerprint density at radius 3 is 2.58 bits per heavy atom. The third-order valence-corrected chi connectivity index (χ3v) is 4.05. The standard InChI is InChI=1S/C14H18BrN3O/c1-4-14(16,5-2)13-17-12(19-18-13)11-7-6-10(15)8-9(11)3/h6-8H,4-5,16H2,1-3H3. The Bertz CT molecular complexity index is 576. The summed E-state index contributed by atoms with van der Waals surface area (Å²) in [4.78, 5) is 4.47. The SMILES string of the molecule is CCC(N)(CC)c1noc(-c2ccc(Br)cc2C)n1. The van der Waals surface area contributed by atoms with E-state index in [2.05, 4.69) is 26.1 Å². The smallest absolute Gasteiger partial charge is 0.258 e. The van der Waals surface area contributed by atoms with Gasteiger partial charge in [-0.2, -0.15) is 4.98 Å². The molecule has 0 aliphatic carbocycles. The van der Waals surface area contributed by atoms with Gasteiger partial charge in [0.1, 0.15) is 0 Å². The summed E-state index contributed by atoms with van der Waals surface area (Å²) in [6, 6.07) is 5.95. The average Bonchev–Trinajstić information content (AvgIpc) is 2.88. The van der Waals surface area contributed by atoms with Crippen LogP contribution in [0.2, 0.25) is 0 Å². The normalized spacial score (nSPS) is 11.8. The molecule has 0 unspecified atom stereocenters. The Morgan fingerprint density at radius 2 is 2.00 bits per heavy atom. The second kappa shape index (κ2) is 5.43. The molecule has 102 valence electrons. The topological polar surface area (TPSA) is 64.9 Å². The van der Waals surface area contributed by atoms with E-state index in [9.17, 15) is 0 Å². The zero-order valence-corrected chi connectivity index (χ0v) is 13.0. The molecule has 1 heterocycles. The minimum atomic E-state index is -0.509. The first-order valence-corrected chi connectivity index (χ1v) is 7.19. The van der Waals surface area contributed by atoms with Gasteiger partial charge in [-0.15, -0.1) is 0 Å². The summed E-state index contributed by atoms with van der Waals surface area (Å²) in [6.07, 6.45) is 1.56. The number of benzene rings is 1. The zero-order valence-electron chi connectivity index (χ0n) is 11.4. The van der Waals surface area contributed by atoms with Crippen LogP contribution in [-0.2, 0) is 5.54 Å². The summed E-state index contributed by atoms with van der Waals surface area (Å²) < 4.78 is 6.40. The predicted octanol–water partition coefficient (Wildman–Crippen LogP) is 3.78. The average molecular weight is 324 g/mol. The third-order valence-electron chi connectivity index (χ3n) is 3.55. The molecule has 0 radical (unpaired) electrons. The van der Waals surface area contributed by atoms with Crippen molar-refractivity contribution in [1.82, 2.24) is 10.1 Å². The molecule has 0 fully saturated rings. The van der Waals surface area contributed by atoms with Crippen molar-refractivity contribution in [1.29, 1.82) is 0 Å². The van der Waals surface area contributed by atoms with Crippen LogP contribution < -0.4 is 5.73 Å². The van der Waals surface area contributed by atoms with Gasteiger partial charge in [-0.3, -0.25) is 0 Å². The number of nitrogens with two attached hydrogens (primary N) is 1. The van der Waals surface area contributed by atoms with E-state index < -0.39 is 5.54 Å². The monoisotopic (exact) mass is 323 g/mol. The lowest BCUT2D eigenvalue weighted by Crippen LogP contribution is -2.36. The minimum Gasteiger partial charge on any atom is -0.334 e. The number of hydrogen-bond acceptors (Lipinski definition) is 4. The molecule has 0 saturated heterocycles. The van der Waals surface area contributed by atoms with Crippen molar-refractivity contribution in [2.24, 2.45) is 5.73 Å². The number of aryl methyl sites for hydroxylation is 1. The Hall–Kier alpha value is -1.20. The van der Waals surface area contributed by atoms with Crippen LogP contribution >= 0.6 is 15.9 Å². The van der Waals surface area contributed by atoms with Gasteiger partial charge >= 0.3 is 0 Å². The molecule has 0 aliphatic heterocycles. The highest BCUT2D eigenvalue weighted by atomic mass is 79.9. The largest absolute Gasteiger partial charge is 0.334 e. The first-order valence-electron chi connectivity index (χ1n) is 6.39. The fourth-order valence-corrected chi connectivity index (χ4v) is 2.44. The van der Waals surface area contributed by atoms with Crippen molar-refractivity contribution < 1.29 is 4.52 Å². The lowest BCUT2D eigenvalue weighted by Gasteiger charge is -2.21. The van der Waals surface area contributed by atoms with E-state index in [0.29, 0.717) is 11.7 Å². The van der Waals surface area contributed by atoms with Crippen molar-refractivity contribution in [3.63, 3.8) is 0 Å². The number of nitrogens with zero attached hydrogens (tertiary/aromatic N) is 2. The summed E-state index contributed by atoms with van der Waals surface area (Å²) in [5, 5.41) is 4.05. The second-order valence-electron chi connectivity index (χ2n) is 4.75. The van der Waals surface area contributed by atoms with Crippen LogP contribution in [0.15, 0.2) is 27.2 Å². The first kappa shape index (κ1) is 14.2. The Balaban J connectivity index is 2.41. The van der Waals surface area contributed by atoms with Gasteiger partial charge < -0.3 is 10.3 Å². The zero-order chi connectivity index (χ0) is 14.0. The molecule has 5 heteroatoms. The number of aromatic nitrogens is 2. The summed E-state index contributed by atoms with van der Waals surface area (Å²) in [5.41, 5.74) is 7.79. The molecule has 2 rings (SSSR count). The predicted molar refractivity (Wildman–Crippen MR) is 78.6 cm³/mol. The molecule has 2 N–H and O–H groups in total. The molecule has 0 atom stereocenters. The first-order chi connectivity index (χ1) is 9.00. The van der Waals surface area contributed by atoms with Gasteiger partial charge in [0.2, 0.25) is 0 Å². The van der Waals surface area contributed by atoms with Crippen molar-refractivity contribution in [2.75, 3.05) is 0 Å². The van der Waals surface area contributed by atoms with Crippen molar-refractivity contribution in [2.45, 2.75) is 39.2 Å². The van der Waals surface area contributed by atoms with Gasteiger partial charge in [0.05, 0.1) is 5.54 Å². The lowest BCUT2D eigenvalue weighted by atomic mass is 9.93. The van der Waals surface area contributed by atoms with E-state index in [1.165, 1.54) is 0 Å². The van der Waals surface area contributed by atoms with Gasteiger partial charge in [-0.25, -0.2) is 0 Å². The molecule has 0 bridgehead atoms. The highest BCUT2D eigenvalue weighted by Crippen LogP contribution is 2.28. The summed E-state index contributed by atoms with van der Waals surface area (Å²) >= 11 is 3.44. The van der Waals surface area contributed by atoms with Crippen molar-refractivity contribution in [3.8, 4) is 11.5 Å². The van der Waals surface area contributed by atoms with Crippen molar-refractivity contribution >= 4 is 15.9 Å². The van der Waals surface area contributed by atoms with Crippen LogP contribution in [0.1, 0.15) is 38.1 Å². The minimum absolute atomic E-state index is 0.509. The highest BCUT2D eigenvalue weighted by molar-refractivity contribution is 9.10. The van der Waals surface area contributed by atoms with E-state index in [1.54, 1.807) is 0 Å². The highest BCUT2D eigenvalue weighted by Gasteiger charge is 2.29. The van der Waals surface area contributed by atoms with E-state index in [1.807, 2.05) is 39.0 Å². The van der Waals surface area contributed by atoms with Crippen LogP contribution in [0.3, 0.4) is 0 Å². The molecular weight excluding hydrogens is 306 g/mol. The number of halogens is 1. The maximum absolute atomic E-state index is 6.28. The summed E-state index contributed by atoms with van der Waals surface area (Å²) in [5.74, 6) is 1.10. The molecular formula is C14H18BrN3O. The third kappa shape index (κ3) is 2.72. The molecule has 0 amide bonds. The fraction of sp³-hybridized carbons (Fsp3) is 0.429. The molecule has 1 aromatic carbocycles. The summed E-state index contributed by atoms with van der Waals surface area (Å²) in [6.45, 7) is 6.08. The van der Waals surface area contributed by atoms with E-state index in [0.717, 1.165) is 28.4 Å². The molecule has 0 aliphatic rings. The van der Waals surface area contributed by atoms with Crippen LogP contribution in [0, 0.1) is 6.92 Å².